The molecular weight excluding hydrogens is 329 g/mol. The van der Waals surface area contributed by atoms with Crippen LogP contribution in [0, 0.1) is 0 Å². The first-order chi connectivity index (χ1) is 10.6. The molecule has 116 valence electrons. The topological polar surface area (TPSA) is 62.2 Å². The van der Waals surface area contributed by atoms with E-state index in [9.17, 15) is 9.59 Å². The number of nitrogens with zero attached hydrogens (tertiary/aromatic N) is 3. The number of amides is 2. The Kier molecular flexibility index (Phi) is 4.33. The highest BCUT2D eigenvalue weighted by Gasteiger charge is 2.37. The molecule has 2 heterocycles. The van der Waals surface area contributed by atoms with Gasteiger partial charge in [-0.3, -0.25) is 9.59 Å². The zero-order chi connectivity index (χ0) is 15.7. The van der Waals surface area contributed by atoms with Crippen molar-refractivity contribution in [3.8, 4) is 0 Å². The van der Waals surface area contributed by atoms with E-state index >= 15 is 0 Å². The second-order valence-corrected chi connectivity index (χ2v) is 5.74. The van der Waals surface area contributed by atoms with E-state index in [4.69, 9.17) is 27.9 Å². The first kappa shape index (κ1) is 15.3. The van der Waals surface area contributed by atoms with Crippen molar-refractivity contribution in [2.45, 2.75) is 6.04 Å². The third-order valence-corrected chi connectivity index (χ3v) is 4.08. The predicted molar refractivity (Wildman–Crippen MR) is 82.3 cm³/mol. The van der Waals surface area contributed by atoms with Gasteiger partial charge in [-0.05, 0) is 23.7 Å². The van der Waals surface area contributed by atoms with Crippen molar-refractivity contribution in [3.63, 3.8) is 0 Å². The lowest BCUT2D eigenvalue weighted by Crippen LogP contribution is -2.52. The molecule has 0 spiro atoms. The zero-order valence-electron chi connectivity index (χ0n) is 11.5. The number of hydrazone groups is 1. The number of carbonyl (C=O) groups is 2. The molecule has 1 unspecified atom stereocenters. The molecule has 1 saturated heterocycles. The average Bonchev–Trinajstić information content (AvgIpc) is 2.94. The average molecular weight is 342 g/mol. The van der Waals surface area contributed by atoms with E-state index in [0.29, 0.717) is 23.9 Å². The van der Waals surface area contributed by atoms with Crippen molar-refractivity contribution < 1.29 is 14.3 Å². The molecule has 0 bridgehead atoms. The summed E-state index contributed by atoms with van der Waals surface area (Å²) in [6, 6.07) is 6.76. The summed E-state index contributed by atoms with van der Waals surface area (Å²) < 4.78 is 5.15. The van der Waals surface area contributed by atoms with Crippen LogP contribution in [0.4, 0.5) is 4.79 Å². The van der Waals surface area contributed by atoms with Crippen LogP contribution in [-0.4, -0.2) is 59.2 Å². The molecule has 1 aromatic carbocycles. The van der Waals surface area contributed by atoms with Gasteiger partial charge in [0.2, 0.25) is 5.91 Å². The molecule has 8 heteroatoms. The maximum absolute atomic E-state index is 12.1. The fourth-order valence-electron chi connectivity index (χ4n) is 2.58. The highest BCUT2D eigenvalue weighted by Crippen LogP contribution is 2.22. The highest BCUT2D eigenvalue weighted by molar-refractivity contribution is 6.62. The van der Waals surface area contributed by atoms with Crippen molar-refractivity contribution in [1.29, 1.82) is 0 Å². The number of hydrogen-bond acceptors (Lipinski definition) is 4. The van der Waals surface area contributed by atoms with Gasteiger partial charge in [-0.25, -0.2) is 5.01 Å². The lowest BCUT2D eigenvalue weighted by molar-refractivity contribution is -0.143. The molecule has 1 aromatic rings. The molecule has 0 saturated carbocycles. The van der Waals surface area contributed by atoms with Crippen molar-refractivity contribution >= 4 is 40.2 Å². The van der Waals surface area contributed by atoms with Crippen LogP contribution in [0.5, 0.6) is 0 Å². The van der Waals surface area contributed by atoms with Crippen LogP contribution in [-0.2, 0) is 9.53 Å². The van der Waals surface area contributed by atoms with E-state index in [2.05, 4.69) is 5.10 Å². The molecule has 0 aliphatic carbocycles. The minimum atomic E-state index is -0.672. The number of halogens is 2. The van der Waals surface area contributed by atoms with Gasteiger partial charge in [-0.2, -0.15) is 5.10 Å². The highest BCUT2D eigenvalue weighted by atomic mass is 35.5. The molecule has 2 aliphatic rings. The summed E-state index contributed by atoms with van der Waals surface area (Å²) >= 11 is 11.4. The normalized spacial score (nSPS) is 22.0. The second-order valence-electron chi connectivity index (χ2n) is 4.98. The summed E-state index contributed by atoms with van der Waals surface area (Å²) in [7, 11) is 0. The van der Waals surface area contributed by atoms with Crippen LogP contribution in [0.3, 0.4) is 0 Å². The smallest absolute Gasteiger partial charge is 0.336 e. The van der Waals surface area contributed by atoms with Crippen molar-refractivity contribution in [1.82, 2.24) is 9.91 Å². The molecule has 1 atom stereocenters. The third kappa shape index (κ3) is 2.95. The van der Waals surface area contributed by atoms with Crippen LogP contribution in [0.2, 0.25) is 5.02 Å². The van der Waals surface area contributed by atoms with E-state index in [0.717, 1.165) is 5.56 Å². The van der Waals surface area contributed by atoms with Crippen LogP contribution in [0.15, 0.2) is 29.4 Å². The standard InChI is InChI=1S/C14H13Cl2N3O3/c15-10-3-1-9(2-4-10)13-11(7-19(17-13)14(16)21)18-5-6-22-8-12(18)20/h1-4,11H,5-8H2. The fourth-order valence-corrected chi connectivity index (χ4v) is 2.81. The second kappa shape index (κ2) is 6.24. The van der Waals surface area contributed by atoms with Gasteiger partial charge in [-0.1, -0.05) is 23.7 Å². The summed E-state index contributed by atoms with van der Waals surface area (Å²) in [5.41, 5.74) is 1.43. The minimum Gasteiger partial charge on any atom is -0.370 e. The van der Waals surface area contributed by atoms with E-state index in [1.165, 1.54) is 5.01 Å². The molecule has 6 nitrogen and oxygen atoms in total. The van der Waals surface area contributed by atoms with Gasteiger partial charge in [0.15, 0.2) is 0 Å². The molecule has 1 fully saturated rings. The van der Waals surface area contributed by atoms with Gasteiger partial charge >= 0.3 is 5.37 Å². The van der Waals surface area contributed by atoms with E-state index in [-0.39, 0.29) is 25.1 Å². The van der Waals surface area contributed by atoms with Crippen molar-refractivity contribution in [3.05, 3.63) is 34.9 Å². The van der Waals surface area contributed by atoms with E-state index in [1.807, 2.05) is 0 Å². The van der Waals surface area contributed by atoms with Gasteiger partial charge in [0.25, 0.3) is 0 Å². The molecule has 22 heavy (non-hydrogen) atoms. The lowest BCUT2D eigenvalue weighted by Gasteiger charge is -2.32. The Balaban J connectivity index is 1.94. The van der Waals surface area contributed by atoms with Gasteiger partial charge in [0.1, 0.15) is 6.61 Å². The first-order valence-electron chi connectivity index (χ1n) is 6.75. The van der Waals surface area contributed by atoms with E-state index < -0.39 is 5.37 Å². The Morgan fingerprint density at radius 1 is 1.32 bits per heavy atom. The van der Waals surface area contributed by atoms with Crippen LogP contribution >= 0.6 is 23.2 Å². The quantitative estimate of drug-likeness (QED) is 0.610. The molecule has 0 N–H and O–H groups in total. The number of rotatable bonds is 2. The van der Waals surface area contributed by atoms with Crippen molar-refractivity contribution in [2.24, 2.45) is 5.10 Å². The maximum atomic E-state index is 12.1. The zero-order valence-corrected chi connectivity index (χ0v) is 13.0. The summed E-state index contributed by atoms with van der Waals surface area (Å²) in [6.07, 6.45) is 0. The van der Waals surface area contributed by atoms with Crippen LogP contribution < -0.4 is 0 Å². The minimum absolute atomic E-state index is 0.0409. The number of hydrogen-bond donors (Lipinski definition) is 0. The number of benzene rings is 1. The first-order valence-corrected chi connectivity index (χ1v) is 7.50. The molecule has 3 rings (SSSR count). The maximum Gasteiger partial charge on any atom is 0.336 e. The summed E-state index contributed by atoms with van der Waals surface area (Å²) in [5, 5.41) is 5.37. The SMILES string of the molecule is O=C(Cl)N1CC(N2CCOCC2=O)C(c2ccc(Cl)cc2)=N1. The Hall–Kier alpha value is -1.63. The Bertz CT molecular complexity index is 633. The van der Waals surface area contributed by atoms with Crippen LogP contribution in [0.25, 0.3) is 0 Å². The summed E-state index contributed by atoms with van der Waals surface area (Å²) in [5.74, 6) is -0.123. The Morgan fingerprint density at radius 2 is 2.05 bits per heavy atom. The van der Waals surface area contributed by atoms with Gasteiger partial charge < -0.3 is 9.64 Å². The lowest BCUT2D eigenvalue weighted by atomic mass is 10.0. The number of morpholine rings is 1. The summed E-state index contributed by atoms with van der Waals surface area (Å²) in [4.78, 5) is 25.2. The predicted octanol–water partition coefficient (Wildman–Crippen LogP) is 1.95. The molecule has 2 aliphatic heterocycles. The van der Waals surface area contributed by atoms with Crippen molar-refractivity contribution in [2.75, 3.05) is 26.3 Å². The largest absolute Gasteiger partial charge is 0.370 e. The molecule has 2 amide bonds. The summed E-state index contributed by atoms with van der Waals surface area (Å²) in [6.45, 7) is 1.20. The van der Waals surface area contributed by atoms with E-state index in [1.54, 1.807) is 29.2 Å². The number of carbonyl (C=O) groups excluding carboxylic acids is 2. The molecular formula is C14H13Cl2N3O3. The van der Waals surface area contributed by atoms with Gasteiger partial charge in [-0.15, -0.1) is 0 Å². The fraction of sp³-hybridized carbons (Fsp3) is 0.357. The monoisotopic (exact) mass is 341 g/mol. The Morgan fingerprint density at radius 3 is 2.68 bits per heavy atom. The molecule has 0 aromatic heterocycles. The van der Waals surface area contributed by atoms with Gasteiger partial charge in [0, 0.05) is 17.1 Å². The number of ether oxygens (including phenoxy) is 1. The van der Waals surface area contributed by atoms with Gasteiger partial charge in [0.05, 0.1) is 24.9 Å². The van der Waals surface area contributed by atoms with Crippen LogP contribution in [0.1, 0.15) is 5.56 Å². The third-order valence-electron chi connectivity index (χ3n) is 3.63. The Labute approximate surface area is 137 Å². The molecule has 0 radical (unpaired) electrons.